The van der Waals surface area contributed by atoms with Crippen molar-refractivity contribution in [1.29, 1.82) is 0 Å². The monoisotopic (exact) mass is 441 g/mol. The van der Waals surface area contributed by atoms with Crippen LogP contribution in [0, 0.1) is 6.92 Å². The van der Waals surface area contributed by atoms with E-state index in [1.54, 1.807) is 23.0 Å². The number of carbonyl (C=O) groups is 1. The van der Waals surface area contributed by atoms with Gasteiger partial charge in [0.05, 0.1) is 17.6 Å². The Morgan fingerprint density at radius 2 is 1.82 bits per heavy atom. The molecule has 33 heavy (non-hydrogen) atoms. The second-order valence-electron chi connectivity index (χ2n) is 8.18. The van der Waals surface area contributed by atoms with Gasteiger partial charge in [0.25, 0.3) is 5.91 Å². The molecule has 1 saturated heterocycles. The fraction of sp³-hybridized carbons (Fsp3) is 0.240. The SMILES string of the molecule is CNN1CCN(c2ccccc2NC(=O)c2ccn3ncc(-c4cccc(C)c4)c3n2)CC1. The maximum absolute atomic E-state index is 13.2. The molecule has 4 aromatic rings. The van der Waals surface area contributed by atoms with E-state index in [1.807, 2.05) is 43.4 Å². The second-order valence-corrected chi connectivity index (χ2v) is 8.18. The van der Waals surface area contributed by atoms with Crippen molar-refractivity contribution < 1.29 is 4.79 Å². The molecule has 0 bridgehead atoms. The number of hydrazine groups is 1. The number of hydrogen-bond acceptors (Lipinski definition) is 6. The summed E-state index contributed by atoms with van der Waals surface area (Å²) < 4.78 is 1.70. The van der Waals surface area contributed by atoms with Gasteiger partial charge < -0.3 is 10.2 Å². The Morgan fingerprint density at radius 1 is 1.00 bits per heavy atom. The summed E-state index contributed by atoms with van der Waals surface area (Å²) in [5, 5.41) is 9.67. The van der Waals surface area contributed by atoms with E-state index in [0.29, 0.717) is 11.3 Å². The maximum Gasteiger partial charge on any atom is 0.274 e. The summed E-state index contributed by atoms with van der Waals surface area (Å²) in [6, 6.07) is 17.8. The van der Waals surface area contributed by atoms with Gasteiger partial charge in [0.15, 0.2) is 5.65 Å². The summed E-state index contributed by atoms with van der Waals surface area (Å²) in [6.45, 7) is 5.65. The minimum atomic E-state index is -0.241. The van der Waals surface area contributed by atoms with E-state index in [1.165, 1.54) is 0 Å². The van der Waals surface area contributed by atoms with Crippen LogP contribution in [-0.2, 0) is 0 Å². The number of aromatic nitrogens is 3. The van der Waals surface area contributed by atoms with Crippen LogP contribution in [0.4, 0.5) is 11.4 Å². The molecule has 0 spiro atoms. The molecule has 5 rings (SSSR count). The highest BCUT2D eigenvalue weighted by molar-refractivity contribution is 6.05. The molecule has 2 aromatic heterocycles. The van der Waals surface area contributed by atoms with Gasteiger partial charge in [0.1, 0.15) is 5.69 Å². The molecule has 8 nitrogen and oxygen atoms in total. The molecule has 0 unspecified atom stereocenters. The van der Waals surface area contributed by atoms with Crippen LogP contribution in [-0.4, -0.2) is 58.7 Å². The highest BCUT2D eigenvalue weighted by Crippen LogP contribution is 2.28. The lowest BCUT2D eigenvalue weighted by Gasteiger charge is -2.36. The van der Waals surface area contributed by atoms with E-state index in [4.69, 9.17) is 0 Å². The summed E-state index contributed by atoms with van der Waals surface area (Å²) in [5.41, 5.74) is 9.10. The van der Waals surface area contributed by atoms with Crippen LogP contribution in [0.2, 0.25) is 0 Å². The van der Waals surface area contributed by atoms with Gasteiger partial charge in [0.2, 0.25) is 0 Å². The van der Waals surface area contributed by atoms with E-state index in [9.17, 15) is 4.79 Å². The number of fused-ring (bicyclic) bond motifs is 1. The predicted octanol–water partition coefficient (Wildman–Crippen LogP) is 3.21. The predicted molar refractivity (Wildman–Crippen MR) is 130 cm³/mol. The van der Waals surface area contributed by atoms with Gasteiger partial charge in [-0.1, -0.05) is 42.0 Å². The molecule has 168 valence electrons. The fourth-order valence-corrected chi connectivity index (χ4v) is 4.22. The molecule has 0 atom stereocenters. The molecule has 0 aliphatic carbocycles. The lowest BCUT2D eigenvalue weighted by atomic mass is 10.1. The Morgan fingerprint density at radius 3 is 2.61 bits per heavy atom. The average Bonchev–Trinajstić information content (AvgIpc) is 3.28. The first-order valence-corrected chi connectivity index (χ1v) is 11.1. The average molecular weight is 442 g/mol. The molecule has 1 aliphatic heterocycles. The lowest BCUT2D eigenvalue weighted by molar-refractivity contribution is 0.102. The van der Waals surface area contributed by atoms with E-state index in [-0.39, 0.29) is 5.91 Å². The fourth-order valence-electron chi connectivity index (χ4n) is 4.22. The van der Waals surface area contributed by atoms with E-state index in [0.717, 1.165) is 54.2 Å². The first kappa shape index (κ1) is 21.1. The number of aryl methyl sites for hydroxylation is 1. The Kier molecular flexibility index (Phi) is 5.77. The number of para-hydroxylation sites is 2. The Balaban J connectivity index is 1.41. The van der Waals surface area contributed by atoms with Crippen molar-refractivity contribution in [3.63, 3.8) is 0 Å². The highest BCUT2D eigenvalue weighted by Gasteiger charge is 2.20. The van der Waals surface area contributed by atoms with E-state index in [2.05, 4.69) is 49.8 Å². The summed E-state index contributed by atoms with van der Waals surface area (Å²) in [4.78, 5) is 20.1. The summed E-state index contributed by atoms with van der Waals surface area (Å²) >= 11 is 0. The minimum Gasteiger partial charge on any atom is -0.367 e. The third kappa shape index (κ3) is 4.30. The van der Waals surface area contributed by atoms with Crippen molar-refractivity contribution in [3.8, 4) is 11.1 Å². The van der Waals surface area contributed by atoms with Gasteiger partial charge in [-0.3, -0.25) is 10.2 Å². The molecule has 3 heterocycles. The van der Waals surface area contributed by atoms with Crippen LogP contribution >= 0.6 is 0 Å². The van der Waals surface area contributed by atoms with Gasteiger partial charge in [0, 0.05) is 37.9 Å². The topological polar surface area (TPSA) is 77.8 Å². The van der Waals surface area contributed by atoms with Crippen LogP contribution < -0.4 is 15.6 Å². The van der Waals surface area contributed by atoms with Crippen molar-refractivity contribution >= 4 is 22.9 Å². The highest BCUT2D eigenvalue weighted by atomic mass is 16.1. The molecule has 0 radical (unpaired) electrons. The van der Waals surface area contributed by atoms with Crippen molar-refractivity contribution in [2.75, 3.05) is 43.4 Å². The molecule has 1 amide bonds. The third-order valence-electron chi connectivity index (χ3n) is 6.02. The molecule has 2 aromatic carbocycles. The standard InChI is InChI=1S/C25H27N7O/c1-18-6-5-7-19(16-18)20-17-27-32-11-10-22(28-24(20)32)25(33)29-21-8-3-4-9-23(21)30-12-14-31(26-2)15-13-30/h3-11,16-17,26H,12-15H2,1-2H3,(H,29,33). The Labute approximate surface area is 192 Å². The lowest BCUT2D eigenvalue weighted by Crippen LogP contribution is -2.51. The van der Waals surface area contributed by atoms with E-state index >= 15 is 0 Å². The van der Waals surface area contributed by atoms with Gasteiger partial charge in [-0.25, -0.2) is 14.5 Å². The van der Waals surface area contributed by atoms with Crippen molar-refractivity contribution in [2.24, 2.45) is 0 Å². The molecule has 1 fully saturated rings. The minimum absolute atomic E-state index is 0.241. The molecular formula is C25H27N7O. The van der Waals surface area contributed by atoms with Gasteiger partial charge in [-0.2, -0.15) is 5.10 Å². The quantitative estimate of drug-likeness (QED) is 0.495. The molecule has 2 N–H and O–H groups in total. The van der Waals surface area contributed by atoms with Crippen molar-refractivity contribution in [1.82, 2.24) is 25.0 Å². The number of piperazine rings is 1. The zero-order valence-electron chi connectivity index (χ0n) is 18.8. The first-order chi connectivity index (χ1) is 16.1. The van der Waals surface area contributed by atoms with Crippen LogP contribution in [0.5, 0.6) is 0 Å². The van der Waals surface area contributed by atoms with Crippen molar-refractivity contribution in [3.05, 3.63) is 78.2 Å². The number of amides is 1. The Bertz CT molecular complexity index is 1290. The number of benzene rings is 2. The zero-order chi connectivity index (χ0) is 22.8. The van der Waals surface area contributed by atoms with Crippen LogP contribution in [0.25, 0.3) is 16.8 Å². The number of carbonyl (C=O) groups excluding carboxylic acids is 1. The van der Waals surface area contributed by atoms with Gasteiger partial charge >= 0.3 is 0 Å². The van der Waals surface area contributed by atoms with Crippen LogP contribution in [0.15, 0.2) is 67.0 Å². The maximum atomic E-state index is 13.2. The number of hydrogen-bond donors (Lipinski definition) is 2. The number of nitrogens with one attached hydrogen (secondary N) is 2. The summed E-state index contributed by atoms with van der Waals surface area (Å²) in [7, 11) is 1.94. The number of nitrogens with zero attached hydrogens (tertiary/aromatic N) is 5. The summed E-state index contributed by atoms with van der Waals surface area (Å²) in [6.07, 6.45) is 3.57. The van der Waals surface area contributed by atoms with E-state index < -0.39 is 0 Å². The smallest absolute Gasteiger partial charge is 0.274 e. The first-order valence-electron chi connectivity index (χ1n) is 11.1. The molecule has 8 heteroatoms. The normalized spacial score (nSPS) is 14.5. The second kappa shape index (κ2) is 9.01. The largest absolute Gasteiger partial charge is 0.367 e. The number of rotatable bonds is 5. The molecule has 1 aliphatic rings. The number of anilines is 2. The van der Waals surface area contributed by atoms with Crippen LogP contribution in [0.1, 0.15) is 16.1 Å². The Hall–Kier alpha value is -3.75. The summed E-state index contributed by atoms with van der Waals surface area (Å²) in [5.74, 6) is -0.241. The van der Waals surface area contributed by atoms with Crippen molar-refractivity contribution in [2.45, 2.75) is 6.92 Å². The van der Waals surface area contributed by atoms with Gasteiger partial charge in [-0.05, 0) is 37.7 Å². The van der Waals surface area contributed by atoms with Crippen LogP contribution in [0.3, 0.4) is 0 Å². The van der Waals surface area contributed by atoms with Gasteiger partial charge in [-0.15, -0.1) is 0 Å². The molecule has 0 saturated carbocycles. The zero-order valence-corrected chi connectivity index (χ0v) is 18.8. The third-order valence-corrected chi connectivity index (χ3v) is 6.02. The molecular weight excluding hydrogens is 414 g/mol.